The molecule has 9 heteroatoms. The Balaban J connectivity index is 1.24. The Bertz CT molecular complexity index is 1320. The largest absolute Gasteiger partial charge is 0.379 e. The van der Waals surface area contributed by atoms with Crippen LogP contribution in [0.1, 0.15) is 45.8 Å². The molecule has 4 heterocycles. The number of fused-ring (bicyclic) bond motifs is 3. The van der Waals surface area contributed by atoms with Crippen molar-refractivity contribution in [1.29, 1.82) is 0 Å². The highest BCUT2D eigenvalue weighted by Gasteiger charge is 2.27. The molecule has 3 aromatic heterocycles. The van der Waals surface area contributed by atoms with Crippen LogP contribution in [0.25, 0.3) is 33.1 Å². The van der Waals surface area contributed by atoms with Gasteiger partial charge in [0, 0.05) is 54.4 Å². The number of morpholine rings is 1. The standard InChI is InChI=1S/C27H35N7O2/c1-3-36-18(2)34-16-20(15-30-34)19-4-9-24-23(14-19)25-26(28-17-29-27(25)32-24)31-21-5-7-22(8-6-21)33-10-12-35-13-11-33/h4,9,14-18,21-22H,3,5-8,10-13H2,1-2H3,(H2,28,29,31,32)/t18?,21-,22-. The molecule has 6 rings (SSSR count). The van der Waals surface area contributed by atoms with E-state index in [1.807, 2.05) is 30.9 Å². The molecular weight excluding hydrogens is 454 g/mol. The van der Waals surface area contributed by atoms with E-state index in [-0.39, 0.29) is 6.23 Å². The number of anilines is 1. The van der Waals surface area contributed by atoms with Gasteiger partial charge in [-0.15, -0.1) is 0 Å². The Kier molecular flexibility index (Phi) is 6.60. The second kappa shape index (κ2) is 10.2. The summed E-state index contributed by atoms with van der Waals surface area (Å²) in [5.74, 6) is 0.916. The lowest BCUT2D eigenvalue weighted by atomic mass is 9.90. The van der Waals surface area contributed by atoms with Crippen LogP contribution in [0.4, 0.5) is 5.82 Å². The summed E-state index contributed by atoms with van der Waals surface area (Å²) in [6.07, 6.45) is 10.2. The second-order valence-electron chi connectivity index (χ2n) is 9.89. The summed E-state index contributed by atoms with van der Waals surface area (Å²) < 4.78 is 13.1. The van der Waals surface area contributed by atoms with Gasteiger partial charge in [-0.3, -0.25) is 4.90 Å². The normalized spacial score (nSPS) is 22.3. The first-order valence-electron chi connectivity index (χ1n) is 13.2. The highest BCUT2D eigenvalue weighted by molar-refractivity contribution is 6.12. The Morgan fingerprint density at radius 3 is 2.78 bits per heavy atom. The van der Waals surface area contributed by atoms with Crippen LogP contribution in [0.2, 0.25) is 0 Å². The average Bonchev–Trinajstić information content (AvgIpc) is 3.55. The summed E-state index contributed by atoms with van der Waals surface area (Å²) in [6.45, 7) is 8.52. The lowest BCUT2D eigenvalue weighted by molar-refractivity contribution is 0.00791. The zero-order chi connectivity index (χ0) is 24.5. The molecule has 2 aliphatic rings. The molecule has 1 saturated heterocycles. The topological polar surface area (TPSA) is 93.1 Å². The third-order valence-electron chi connectivity index (χ3n) is 7.70. The molecule has 2 N–H and O–H groups in total. The fourth-order valence-electron chi connectivity index (χ4n) is 5.74. The number of nitrogens with one attached hydrogen (secondary N) is 2. The average molecular weight is 490 g/mol. The van der Waals surface area contributed by atoms with Crippen LogP contribution in [0.3, 0.4) is 0 Å². The maximum atomic E-state index is 5.68. The van der Waals surface area contributed by atoms with Gasteiger partial charge in [0.25, 0.3) is 0 Å². The number of aromatic amines is 1. The van der Waals surface area contributed by atoms with Gasteiger partial charge in [-0.25, -0.2) is 14.6 Å². The minimum absolute atomic E-state index is 0.0943. The van der Waals surface area contributed by atoms with Crippen molar-refractivity contribution in [3.05, 3.63) is 36.9 Å². The number of benzene rings is 1. The number of H-pyrrole nitrogens is 1. The molecule has 0 radical (unpaired) electrons. The maximum Gasteiger partial charge on any atom is 0.147 e. The van der Waals surface area contributed by atoms with E-state index in [1.165, 1.54) is 12.8 Å². The molecule has 1 aromatic carbocycles. The van der Waals surface area contributed by atoms with E-state index in [4.69, 9.17) is 9.47 Å². The molecule has 2 fully saturated rings. The number of aromatic nitrogens is 5. The van der Waals surface area contributed by atoms with Crippen LogP contribution in [0, 0.1) is 0 Å². The first-order valence-corrected chi connectivity index (χ1v) is 13.2. The fourth-order valence-corrected chi connectivity index (χ4v) is 5.74. The van der Waals surface area contributed by atoms with E-state index in [0.717, 1.165) is 78.0 Å². The predicted octanol–water partition coefficient (Wildman–Crippen LogP) is 4.58. The SMILES string of the molecule is CCOC(C)n1cc(-c2ccc3[nH]c4ncnc(N[C@H]5CC[C@H](N6CCOCC6)CC5)c4c3c2)cn1. The van der Waals surface area contributed by atoms with Gasteiger partial charge in [-0.1, -0.05) is 6.07 Å². The van der Waals surface area contributed by atoms with E-state index < -0.39 is 0 Å². The molecule has 1 saturated carbocycles. The van der Waals surface area contributed by atoms with Crippen molar-refractivity contribution in [2.45, 2.75) is 57.8 Å². The number of ether oxygens (including phenoxy) is 2. The van der Waals surface area contributed by atoms with E-state index in [2.05, 4.69) is 48.5 Å². The first kappa shape index (κ1) is 23.4. The zero-order valence-corrected chi connectivity index (χ0v) is 21.1. The summed E-state index contributed by atoms with van der Waals surface area (Å²) in [5, 5.41) is 10.5. The molecule has 1 aliphatic carbocycles. The number of hydrogen-bond donors (Lipinski definition) is 2. The molecule has 0 spiro atoms. The molecule has 0 bridgehead atoms. The fraction of sp³-hybridized carbons (Fsp3) is 0.519. The third-order valence-corrected chi connectivity index (χ3v) is 7.70. The summed E-state index contributed by atoms with van der Waals surface area (Å²) in [7, 11) is 0. The highest BCUT2D eigenvalue weighted by atomic mass is 16.5. The van der Waals surface area contributed by atoms with Crippen molar-refractivity contribution in [3.8, 4) is 11.1 Å². The third kappa shape index (κ3) is 4.58. The van der Waals surface area contributed by atoms with Crippen LogP contribution in [0.15, 0.2) is 36.9 Å². The van der Waals surface area contributed by atoms with Crippen molar-refractivity contribution in [3.63, 3.8) is 0 Å². The molecule has 1 atom stereocenters. The van der Waals surface area contributed by atoms with Gasteiger partial charge in [-0.2, -0.15) is 5.10 Å². The smallest absolute Gasteiger partial charge is 0.147 e. The van der Waals surface area contributed by atoms with Crippen LogP contribution >= 0.6 is 0 Å². The van der Waals surface area contributed by atoms with Crippen LogP contribution < -0.4 is 5.32 Å². The molecule has 190 valence electrons. The van der Waals surface area contributed by atoms with Crippen molar-refractivity contribution in [2.24, 2.45) is 0 Å². The first-order chi connectivity index (χ1) is 17.7. The van der Waals surface area contributed by atoms with E-state index in [1.54, 1.807) is 6.33 Å². The molecule has 1 aliphatic heterocycles. The summed E-state index contributed by atoms with van der Waals surface area (Å²) in [5.41, 5.74) is 4.09. The lowest BCUT2D eigenvalue weighted by Crippen LogP contribution is -2.46. The van der Waals surface area contributed by atoms with Gasteiger partial charge in [0.05, 0.1) is 24.8 Å². The van der Waals surface area contributed by atoms with Gasteiger partial charge >= 0.3 is 0 Å². The Labute approximate surface area is 211 Å². The van der Waals surface area contributed by atoms with Crippen LogP contribution in [-0.4, -0.2) is 74.6 Å². The van der Waals surface area contributed by atoms with Crippen LogP contribution in [-0.2, 0) is 9.47 Å². The Hall–Kier alpha value is -3.01. The minimum Gasteiger partial charge on any atom is -0.379 e. The van der Waals surface area contributed by atoms with E-state index in [9.17, 15) is 0 Å². The molecular formula is C27H35N7O2. The van der Waals surface area contributed by atoms with E-state index >= 15 is 0 Å². The number of nitrogens with zero attached hydrogens (tertiary/aromatic N) is 5. The summed E-state index contributed by atoms with van der Waals surface area (Å²) in [4.78, 5) is 15.3. The van der Waals surface area contributed by atoms with Crippen molar-refractivity contribution >= 4 is 27.8 Å². The Morgan fingerprint density at radius 1 is 1.14 bits per heavy atom. The van der Waals surface area contributed by atoms with Gasteiger partial charge in [0.15, 0.2) is 0 Å². The number of rotatable bonds is 7. The predicted molar refractivity (Wildman–Crippen MR) is 141 cm³/mol. The quantitative estimate of drug-likeness (QED) is 0.392. The van der Waals surface area contributed by atoms with Crippen LogP contribution in [0.5, 0.6) is 0 Å². The van der Waals surface area contributed by atoms with Gasteiger partial charge < -0.3 is 19.8 Å². The monoisotopic (exact) mass is 489 g/mol. The second-order valence-corrected chi connectivity index (χ2v) is 9.89. The highest BCUT2D eigenvalue weighted by Crippen LogP contribution is 2.34. The summed E-state index contributed by atoms with van der Waals surface area (Å²) in [6, 6.07) is 7.56. The zero-order valence-electron chi connectivity index (χ0n) is 21.1. The van der Waals surface area contributed by atoms with Gasteiger partial charge in [0.2, 0.25) is 0 Å². The van der Waals surface area contributed by atoms with Crippen molar-refractivity contribution in [1.82, 2.24) is 29.6 Å². The maximum absolute atomic E-state index is 5.68. The van der Waals surface area contributed by atoms with E-state index in [0.29, 0.717) is 18.7 Å². The molecule has 9 nitrogen and oxygen atoms in total. The van der Waals surface area contributed by atoms with Gasteiger partial charge in [-0.05, 0) is 57.2 Å². The van der Waals surface area contributed by atoms with Gasteiger partial charge in [0.1, 0.15) is 24.0 Å². The Morgan fingerprint density at radius 2 is 1.97 bits per heavy atom. The molecule has 1 unspecified atom stereocenters. The minimum atomic E-state index is -0.0943. The van der Waals surface area contributed by atoms with Crippen molar-refractivity contribution < 1.29 is 9.47 Å². The molecule has 36 heavy (non-hydrogen) atoms. The van der Waals surface area contributed by atoms with Crippen molar-refractivity contribution in [2.75, 3.05) is 38.2 Å². The lowest BCUT2D eigenvalue weighted by Gasteiger charge is -2.39. The molecule has 4 aromatic rings. The summed E-state index contributed by atoms with van der Waals surface area (Å²) >= 11 is 0. The molecule has 0 amide bonds. The number of hydrogen-bond acceptors (Lipinski definition) is 7.